The second-order valence-electron chi connectivity index (χ2n) is 6.52. The van der Waals surface area contributed by atoms with E-state index in [-0.39, 0.29) is 11.6 Å². The van der Waals surface area contributed by atoms with E-state index in [1.165, 1.54) is 5.56 Å². The Morgan fingerprint density at radius 1 is 1.36 bits per heavy atom. The molecule has 0 saturated carbocycles. The number of nitrogens with zero attached hydrogens (tertiary/aromatic N) is 1. The van der Waals surface area contributed by atoms with Crippen LogP contribution in [0.3, 0.4) is 0 Å². The third kappa shape index (κ3) is 3.93. The van der Waals surface area contributed by atoms with Gasteiger partial charge in [-0.05, 0) is 46.5 Å². The molecular formula is C18H30N2O2. The maximum atomic E-state index is 6.28. The van der Waals surface area contributed by atoms with Crippen molar-refractivity contribution in [1.82, 2.24) is 10.2 Å². The zero-order valence-corrected chi connectivity index (χ0v) is 14.6. The predicted molar refractivity (Wildman–Crippen MR) is 90.8 cm³/mol. The lowest BCUT2D eigenvalue weighted by Crippen LogP contribution is -2.42. The number of fused-ring (bicyclic) bond motifs is 1. The van der Waals surface area contributed by atoms with Crippen LogP contribution in [0, 0.1) is 0 Å². The molecule has 124 valence electrons. The summed E-state index contributed by atoms with van der Waals surface area (Å²) in [6, 6.07) is 6.39. The van der Waals surface area contributed by atoms with Gasteiger partial charge in [0.15, 0.2) is 0 Å². The molecule has 0 saturated heterocycles. The van der Waals surface area contributed by atoms with Crippen molar-refractivity contribution in [3.63, 3.8) is 0 Å². The van der Waals surface area contributed by atoms with Gasteiger partial charge in [0, 0.05) is 25.6 Å². The van der Waals surface area contributed by atoms with Crippen LogP contribution in [0.25, 0.3) is 0 Å². The average molecular weight is 306 g/mol. The van der Waals surface area contributed by atoms with Gasteiger partial charge < -0.3 is 19.7 Å². The Kier molecular flexibility index (Phi) is 5.70. The van der Waals surface area contributed by atoms with Crippen molar-refractivity contribution in [3.8, 4) is 11.5 Å². The molecule has 2 unspecified atom stereocenters. The summed E-state index contributed by atoms with van der Waals surface area (Å²) in [4.78, 5) is 2.20. The quantitative estimate of drug-likeness (QED) is 0.838. The Hall–Kier alpha value is -1.26. The topological polar surface area (TPSA) is 33.7 Å². The minimum Gasteiger partial charge on any atom is -0.493 e. The number of nitrogens with one attached hydrogen (secondary N) is 1. The highest BCUT2D eigenvalue weighted by molar-refractivity contribution is 5.49. The van der Waals surface area contributed by atoms with Gasteiger partial charge in [0.1, 0.15) is 17.1 Å². The van der Waals surface area contributed by atoms with Crippen molar-refractivity contribution in [2.75, 3.05) is 33.8 Å². The van der Waals surface area contributed by atoms with Crippen molar-refractivity contribution in [2.24, 2.45) is 0 Å². The molecule has 0 bridgehead atoms. The summed E-state index contributed by atoms with van der Waals surface area (Å²) in [5.74, 6) is 1.91. The molecule has 4 heteroatoms. The minimum atomic E-state index is -0.117. The van der Waals surface area contributed by atoms with Crippen LogP contribution >= 0.6 is 0 Å². The normalized spacial score (nSPS) is 24.0. The van der Waals surface area contributed by atoms with E-state index in [1.807, 2.05) is 19.1 Å². The minimum absolute atomic E-state index is 0.117. The SMILES string of the molecule is CCOc1cccc2c1C(NCCN(C)C)CC(C)(CC)O2. The third-order valence-corrected chi connectivity index (χ3v) is 4.36. The molecule has 1 aromatic rings. The number of hydrogen-bond acceptors (Lipinski definition) is 4. The summed E-state index contributed by atoms with van der Waals surface area (Å²) in [6.07, 6.45) is 1.96. The second-order valence-corrected chi connectivity index (χ2v) is 6.52. The smallest absolute Gasteiger partial charge is 0.128 e. The molecule has 4 nitrogen and oxygen atoms in total. The highest BCUT2D eigenvalue weighted by atomic mass is 16.5. The molecule has 22 heavy (non-hydrogen) atoms. The molecule has 0 aromatic heterocycles. The second kappa shape index (κ2) is 7.34. The summed E-state index contributed by atoms with van der Waals surface area (Å²) in [5, 5.41) is 3.70. The number of likely N-dealkylation sites (N-methyl/N-ethyl adjacent to an activating group) is 1. The molecule has 1 aromatic carbocycles. The lowest BCUT2D eigenvalue weighted by molar-refractivity contribution is 0.0427. The highest BCUT2D eigenvalue weighted by Crippen LogP contribution is 2.45. The third-order valence-electron chi connectivity index (χ3n) is 4.36. The van der Waals surface area contributed by atoms with Gasteiger partial charge in [-0.2, -0.15) is 0 Å². The maximum absolute atomic E-state index is 6.28. The number of hydrogen-bond donors (Lipinski definition) is 1. The molecule has 0 fully saturated rings. The maximum Gasteiger partial charge on any atom is 0.128 e. The first-order valence-corrected chi connectivity index (χ1v) is 8.32. The van der Waals surface area contributed by atoms with E-state index < -0.39 is 0 Å². The van der Waals surface area contributed by atoms with Gasteiger partial charge in [-0.25, -0.2) is 0 Å². The Balaban J connectivity index is 2.27. The van der Waals surface area contributed by atoms with Crippen LogP contribution in [0.4, 0.5) is 0 Å². The van der Waals surface area contributed by atoms with Crippen LogP contribution in [-0.2, 0) is 0 Å². The van der Waals surface area contributed by atoms with Crippen molar-refractivity contribution in [2.45, 2.75) is 45.3 Å². The predicted octanol–water partition coefficient (Wildman–Crippen LogP) is 3.23. The van der Waals surface area contributed by atoms with Crippen LogP contribution in [0.1, 0.15) is 45.2 Å². The van der Waals surface area contributed by atoms with E-state index in [4.69, 9.17) is 9.47 Å². The molecule has 1 aliphatic heterocycles. The first kappa shape index (κ1) is 17.1. The summed E-state index contributed by atoms with van der Waals surface area (Å²) >= 11 is 0. The Bertz CT molecular complexity index is 490. The van der Waals surface area contributed by atoms with Gasteiger partial charge in [-0.1, -0.05) is 13.0 Å². The Morgan fingerprint density at radius 3 is 2.77 bits per heavy atom. The van der Waals surface area contributed by atoms with Gasteiger partial charge in [0.25, 0.3) is 0 Å². The number of benzene rings is 1. The molecule has 1 N–H and O–H groups in total. The summed E-state index contributed by atoms with van der Waals surface area (Å²) in [5.41, 5.74) is 1.06. The van der Waals surface area contributed by atoms with Crippen molar-refractivity contribution >= 4 is 0 Å². The van der Waals surface area contributed by atoms with Crippen molar-refractivity contribution < 1.29 is 9.47 Å². The molecule has 0 amide bonds. The molecule has 0 radical (unpaired) electrons. The van der Waals surface area contributed by atoms with E-state index in [0.717, 1.165) is 37.4 Å². The number of rotatable bonds is 7. The largest absolute Gasteiger partial charge is 0.493 e. The van der Waals surface area contributed by atoms with Crippen molar-refractivity contribution in [3.05, 3.63) is 23.8 Å². The fourth-order valence-electron chi connectivity index (χ4n) is 2.93. The summed E-state index contributed by atoms with van der Waals surface area (Å²) in [6.45, 7) is 9.06. The average Bonchev–Trinajstić information content (AvgIpc) is 2.47. The fraction of sp³-hybridized carbons (Fsp3) is 0.667. The van der Waals surface area contributed by atoms with Crippen LogP contribution in [0.2, 0.25) is 0 Å². The molecule has 0 aliphatic carbocycles. The van der Waals surface area contributed by atoms with E-state index >= 15 is 0 Å². The molecular weight excluding hydrogens is 276 g/mol. The number of ether oxygens (including phenoxy) is 2. The molecule has 1 heterocycles. The molecule has 1 aliphatic rings. The Morgan fingerprint density at radius 2 is 2.14 bits per heavy atom. The van der Waals surface area contributed by atoms with Crippen LogP contribution in [-0.4, -0.2) is 44.3 Å². The summed E-state index contributed by atoms with van der Waals surface area (Å²) < 4.78 is 12.1. The monoisotopic (exact) mass is 306 g/mol. The fourth-order valence-corrected chi connectivity index (χ4v) is 2.93. The van der Waals surface area contributed by atoms with Gasteiger partial charge in [0.05, 0.1) is 12.2 Å². The Labute approximate surface area is 134 Å². The van der Waals surface area contributed by atoms with E-state index in [9.17, 15) is 0 Å². The highest BCUT2D eigenvalue weighted by Gasteiger charge is 2.37. The standard InChI is InChI=1S/C18H30N2O2/c1-6-18(3)13-14(19-11-12-20(4)5)17-15(21-7-2)9-8-10-16(17)22-18/h8-10,14,19H,6-7,11-13H2,1-5H3. The van der Waals surface area contributed by atoms with Crippen LogP contribution < -0.4 is 14.8 Å². The van der Waals surface area contributed by atoms with Gasteiger partial charge >= 0.3 is 0 Å². The lowest BCUT2D eigenvalue weighted by atomic mass is 9.86. The van der Waals surface area contributed by atoms with E-state index in [0.29, 0.717) is 6.61 Å². The van der Waals surface area contributed by atoms with Gasteiger partial charge in [-0.15, -0.1) is 0 Å². The van der Waals surface area contributed by atoms with Crippen molar-refractivity contribution in [1.29, 1.82) is 0 Å². The molecule has 0 spiro atoms. The first-order valence-electron chi connectivity index (χ1n) is 8.32. The van der Waals surface area contributed by atoms with Gasteiger partial charge in [-0.3, -0.25) is 0 Å². The zero-order valence-electron chi connectivity index (χ0n) is 14.6. The summed E-state index contributed by atoms with van der Waals surface area (Å²) in [7, 11) is 4.20. The van der Waals surface area contributed by atoms with E-state index in [2.05, 4.69) is 44.2 Å². The van der Waals surface area contributed by atoms with Gasteiger partial charge in [0.2, 0.25) is 0 Å². The van der Waals surface area contributed by atoms with Crippen LogP contribution in [0.15, 0.2) is 18.2 Å². The lowest BCUT2D eigenvalue weighted by Gasteiger charge is -2.40. The molecule has 2 rings (SSSR count). The first-order chi connectivity index (χ1) is 10.5. The van der Waals surface area contributed by atoms with Crippen LogP contribution in [0.5, 0.6) is 11.5 Å². The van der Waals surface area contributed by atoms with E-state index in [1.54, 1.807) is 0 Å². The molecule has 2 atom stereocenters. The zero-order chi connectivity index (χ0) is 16.2.